The SMILES string of the molecule is CCSC[C@@H]1C[C@H](NC(=O)O)CC[C@@H]1N. The lowest BCUT2D eigenvalue weighted by Gasteiger charge is -2.33. The predicted octanol–water partition coefficient (Wildman–Crippen LogP) is 1.50. The zero-order valence-corrected chi connectivity index (χ0v) is 9.93. The van der Waals surface area contributed by atoms with Gasteiger partial charge in [-0.1, -0.05) is 6.92 Å². The van der Waals surface area contributed by atoms with Crippen LogP contribution in [0.5, 0.6) is 0 Å². The van der Waals surface area contributed by atoms with Crippen LogP contribution in [0.3, 0.4) is 0 Å². The Hall–Kier alpha value is -0.420. The normalized spacial score (nSPS) is 31.2. The highest BCUT2D eigenvalue weighted by molar-refractivity contribution is 7.99. The first-order valence-electron chi connectivity index (χ1n) is 5.46. The van der Waals surface area contributed by atoms with Gasteiger partial charge in [0.1, 0.15) is 0 Å². The third-order valence-corrected chi connectivity index (χ3v) is 3.98. The Morgan fingerprint density at radius 1 is 1.60 bits per heavy atom. The Kier molecular flexibility index (Phi) is 5.25. The van der Waals surface area contributed by atoms with Gasteiger partial charge in [0.15, 0.2) is 0 Å². The molecule has 1 rings (SSSR count). The van der Waals surface area contributed by atoms with Crippen LogP contribution in [0.1, 0.15) is 26.2 Å². The Balaban J connectivity index is 2.37. The van der Waals surface area contributed by atoms with Crippen molar-refractivity contribution in [3.63, 3.8) is 0 Å². The molecule has 0 saturated heterocycles. The molecule has 0 aromatic heterocycles. The molecular weight excluding hydrogens is 212 g/mol. The topological polar surface area (TPSA) is 75.3 Å². The molecule has 4 N–H and O–H groups in total. The Bertz CT molecular complexity index is 214. The number of carbonyl (C=O) groups is 1. The highest BCUT2D eigenvalue weighted by Gasteiger charge is 2.28. The van der Waals surface area contributed by atoms with E-state index in [0.29, 0.717) is 5.92 Å². The fourth-order valence-electron chi connectivity index (χ4n) is 2.05. The maximum atomic E-state index is 10.5. The van der Waals surface area contributed by atoms with E-state index in [1.165, 1.54) is 0 Å². The molecular formula is C10H20N2O2S. The van der Waals surface area contributed by atoms with Crippen LogP contribution >= 0.6 is 11.8 Å². The minimum absolute atomic E-state index is 0.102. The molecule has 0 bridgehead atoms. The molecule has 0 radical (unpaired) electrons. The minimum atomic E-state index is -0.919. The molecule has 0 aromatic carbocycles. The molecule has 1 aliphatic carbocycles. The van der Waals surface area contributed by atoms with Crippen molar-refractivity contribution in [1.29, 1.82) is 0 Å². The Morgan fingerprint density at radius 3 is 2.93 bits per heavy atom. The fraction of sp³-hybridized carbons (Fsp3) is 0.900. The van der Waals surface area contributed by atoms with Crippen LogP contribution in [0.4, 0.5) is 4.79 Å². The lowest BCUT2D eigenvalue weighted by molar-refractivity contribution is 0.180. The van der Waals surface area contributed by atoms with Gasteiger partial charge in [0, 0.05) is 12.1 Å². The number of hydrogen-bond donors (Lipinski definition) is 3. The van der Waals surface area contributed by atoms with Gasteiger partial charge in [-0.3, -0.25) is 0 Å². The lowest BCUT2D eigenvalue weighted by atomic mass is 9.83. The van der Waals surface area contributed by atoms with Gasteiger partial charge in [-0.25, -0.2) is 4.79 Å². The maximum absolute atomic E-state index is 10.5. The van der Waals surface area contributed by atoms with Crippen molar-refractivity contribution >= 4 is 17.9 Å². The lowest BCUT2D eigenvalue weighted by Crippen LogP contribution is -2.45. The number of amides is 1. The number of thioether (sulfide) groups is 1. The summed E-state index contributed by atoms with van der Waals surface area (Å²) in [4.78, 5) is 10.5. The summed E-state index contributed by atoms with van der Waals surface area (Å²) in [5, 5.41) is 11.2. The summed E-state index contributed by atoms with van der Waals surface area (Å²) < 4.78 is 0. The average molecular weight is 232 g/mol. The number of hydrogen-bond acceptors (Lipinski definition) is 3. The van der Waals surface area contributed by atoms with E-state index in [9.17, 15) is 4.79 Å². The molecule has 15 heavy (non-hydrogen) atoms. The van der Waals surface area contributed by atoms with Crippen LogP contribution in [0.25, 0.3) is 0 Å². The molecule has 4 nitrogen and oxygen atoms in total. The third kappa shape index (κ3) is 4.30. The highest BCUT2D eigenvalue weighted by Crippen LogP contribution is 2.26. The van der Waals surface area contributed by atoms with Gasteiger partial charge in [0.25, 0.3) is 0 Å². The smallest absolute Gasteiger partial charge is 0.404 e. The van der Waals surface area contributed by atoms with E-state index in [2.05, 4.69) is 12.2 Å². The monoisotopic (exact) mass is 232 g/mol. The Labute approximate surface area is 95.0 Å². The number of carboxylic acid groups (broad SMARTS) is 1. The summed E-state index contributed by atoms with van der Waals surface area (Å²) in [6, 6.07) is 0.348. The van der Waals surface area contributed by atoms with Gasteiger partial charge in [-0.15, -0.1) is 0 Å². The van der Waals surface area contributed by atoms with E-state index in [-0.39, 0.29) is 12.1 Å². The molecule has 3 atom stereocenters. The Morgan fingerprint density at radius 2 is 2.33 bits per heavy atom. The molecule has 0 aromatic rings. The van der Waals surface area contributed by atoms with Crippen molar-refractivity contribution in [2.24, 2.45) is 11.7 Å². The maximum Gasteiger partial charge on any atom is 0.404 e. The van der Waals surface area contributed by atoms with Crippen molar-refractivity contribution < 1.29 is 9.90 Å². The van der Waals surface area contributed by atoms with E-state index in [1.54, 1.807) is 0 Å². The van der Waals surface area contributed by atoms with E-state index >= 15 is 0 Å². The van der Waals surface area contributed by atoms with Gasteiger partial charge >= 0.3 is 6.09 Å². The van der Waals surface area contributed by atoms with Crippen molar-refractivity contribution in [3.8, 4) is 0 Å². The van der Waals surface area contributed by atoms with E-state index in [1.807, 2.05) is 11.8 Å². The molecule has 1 aliphatic rings. The summed E-state index contributed by atoms with van der Waals surface area (Å²) in [6.45, 7) is 2.13. The summed E-state index contributed by atoms with van der Waals surface area (Å²) in [7, 11) is 0. The third-order valence-electron chi connectivity index (χ3n) is 2.90. The summed E-state index contributed by atoms with van der Waals surface area (Å²) in [5.74, 6) is 2.61. The first kappa shape index (κ1) is 12.6. The van der Waals surface area contributed by atoms with E-state index in [4.69, 9.17) is 10.8 Å². The van der Waals surface area contributed by atoms with Crippen LogP contribution in [-0.4, -0.2) is 34.8 Å². The first-order valence-corrected chi connectivity index (χ1v) is 6.61. The van der Waals surface area contributed by atoms with Crippen molar-refractivity contribution in [2.45, 2.75) is 38.3 Å². The fourth-order valence-corrected chi connectivity index (χ4v) is 2.98. The largest absolute Gasteiger partial charge is 0.465 e. The van der Waals surface area contributed by atoms with Crippen LogP contribution in [0, 0.1) is 5.92 Å². The molecule has 5 heteroatoms. The van der Waals surface area contributed by atoms with Crippen LogP contribution < -0.4 is 11.1 Å². The summed E-state index contributed by atoms with van der Waals surface area (Å²) >= 11 is 1.88. The zero-order valence-electron chi connectivity index (χ0n) is 9.11. The van der Waals surface area contributed by atoms with E-state index in [0.717, 1.165) is 30.8 Å². The summed E-state index contributed by atoms with van der Waals surface area (Å²) in [5.41, 5.74) is 6.02. The molecule has 1 saturated carbocycles. The first-order chi connectivity index (χ1) is 7.13. The van der Waals surface area contributed by atoms with Gasteiger partial charge in [0.2, 0.25) is 0 Å². The molecule has 0 unspecified atom stereocenters. The number of nitrogens with two attached hydrogens (primary N) is 1. The second kappa shape index (κ2) is 6.23. The van der Waals surface area contributed by atoms with Crippen molar-refractivity contribution in [2.75, 3.05) is 11.5 Å². The predicted molar refractivity (Wildman–Crippen MR) is 63.3 cm³/mol. The standard InChI is InChI=1S/C10H20N2O2S/c1-2-15-6-7-5-8(12-10(13)14)3-4-9(7)11/h7-9,12H,2-6,11H2,1H3,(H,13,14)/t7-,8+,9-/m0/s1. The van der Waals surface area contributed by atoms with Crippen molar-refractivity contribution in [3.05, 3.63) is 0 Å². The van der Waals surface area contributed by atoms with Gasteiger partial charge in [-0.2, -0.15) is 11.8 Å². The number of rotatable bonds is 4. The van der Waals surface area contributed by atoms with Gasteiger partial charge in [0.05, 0.1) is 0 Å². The minimum Gasteiger partial charge on any atom is -0.465 e. The van der Waals surface area contributed by atoms with Gasteiger partial charge in [-0.05, 0) is 36.7 Å². The second-order valence-corrected chi connectivity index (χ2v) is 5.36. The van der Waals surface area contributed by atoms with Gasteiger partial charge < -0.3 is 16.2 Å². The number of nitrogens with one attached hydrogen (secondary N) is 1. The molecule has 88 valence electrons. The molecule has 0 spiro atoms. The van der Waals surface area contributed by atoms with Crippen LogP contribution in [0.2, 0.25) is 0 Å². The highest BCUT2D eigenvalue weighted by atomic mass is 32.2. The van der Waals surface area contributed by atoms with Crippen molar-refractivity contribution in [1.82, 2.24) is 5.32 Å². The van der Waals surface area contributed by atoms with Crippen LogP contribution in [0.15, 0.2) is 0 Å². The second-order valence-electron chi connectivity index (χ2n) is 4.04. The summed E-state index contributed by atoms with van der Waals surface area (Å²) in [6.07, 6.45) is 1.78. The quantitative estimate of drug-likeness (QED) is 0.686. The molecule has 1 amide bonds. The van der Waals surface area contributed by atoms with E-state index < -0.39 is 6.09 Å². The molecule has 0 heterocycles. The molecule has 0 aliphatic heterocycles. The zero-order chi connectivity index (χ0) is 11.3. The average Bonchev–Trinajstić information content (AvgIpc) is 2.18. The molecule has 1 fully saturated rings. The van der Waals surface area contributed by atoms with Crippen LogP contribution in [-0.2, 0) is 0 Å².